The fourth-order valence-electron chi connectivity index (χ4n) is 6.27. The van der Waals surface area contributed by atoms with Crippen molar-refractivity contribution in [2.75, 3.05) is 69.2 Å². The summed E-state index contributed by atoms with van der Waals surface area (Å²) in [5.41, 5.74) is 3.86. The number of piperazine rings is 1. The van der Waals surface area contributed by atoms with Crippen LogP contribution in [-0.4, -0.2) is 84.8 Å². The minimum Gasteiger partial charge on any atom is -0.368 e. The Morgan fingerprint density at radius 2 is 1.70 bits per heavy atom. The van der Waals surface area contributed by atoms with Crippen LogP contribution in [0.2, 0.25) is 0 Å². The van der Waals surface area contributed by atoms with Gasteiger partial charge in [0.25, 0.3) is 0 Å². The molecule has 174 valence electrons. The summed E-state index contributed by atoms with van der Waals surface area (Å²) >= 11 is 0. The molecule has 6 nitrogen and oxygen atoms in total. The Labute approximate surface area is 197 Å². The van der Waals surface area contributed by atoms with Gasteiger partial charge in [-0.3, -0.25) is 4.90 Å². The van der Waals surface area contributed by atoms with E-state index < -0.39 is 0 Å². The van der Waals surface area contributed by atoms with Gasteiger partial charge in [0.1, 0.15) is 11.5 Å². The highest BCUT2D eigenvalue weighted by Gasteiger charge is 2.39. The van der Waals surface area contributed by atoms with Crippen molar-refractivity contribution < 1.29 is 0 Å². The predicted molar refractivity (Wildman–Crippen MR) is 136 cm³/mol. The Hall–Kier alpha value is -2.57. The lowest BCUT2D eigenvalue weighted by atomic mass is 10.1. The molecular weight excluding hydrogens is 408 g/mol. The van der Waals surface area contributed by atoms with E-state index in [0.29, 0.717) is 0 Å². The number of hydrogen-bond donors (Lipinski definition) is 0. The summed E-state index contributed by atoms with van der Waals surface area (Å²) < 4.78 is 2.37. The molecule has 3 aromatic rings. The first kappa shape index (κ1) is 21.0. The van der Waals surface area contributed by atoms with Crippen LogP contribution in [0.1, 0.15) is 12.0 Å². The van der Waals surface area contributed by atoms with Crippen LogP contribution in [0.5, 0.6) is 0 Å². The smallest absolute Gasteiger partial charge is 0.142 e. The number of benzene rings is 1. The number of aromatic nitrogens is 2. The molecule has 6 heteroatoms. The second-order valence-corrected chi connectivity index (χ2v) is 10.2. The quantitative estimate of drug-likeness (QED) is 0.603. The first-order valence-electron chi connectivity index (χ1n) is 12.6. The zero-order valence-corrected chi connectivity index (χ0v) is 20.0. The molecule has 3 fully saturated rings. The summed E-state index contributed by atoms with van der Waals surface area (Å²) in [6.07, 6.45) is 3.59. The van der Waals surface area contributed by atoms with Crippen LogP contribution in [0.4, 0.5) is 11.5 Å². The van der Waals surface area contributed by atoms with Crippen LogP contribution in [-0.2, 0) is 6.54 Å². The van der Waals surface area contributed by atoms with Gasteiger partial charge in [-0.25, -0.2) is 4.98 Å². The second kappa shape index (κ2) is 8.65. The minimum absolute atomic E-state index is 0.755. The Kier molecular flexibility index (Phi) is 5.51. The maximum Gasteiger partial charge on any atom is 0.142 e. The number of nitrogens with zero attached hydrogens (tertiary/aromatic N) is 6. The van der Waals surface area contributed by atoms with Crippen LogP contribution in [0.25, 0.3) is 11.0 Å². The highest BCUT2D eigenvalue weighted by atomic mass is 15.3. The number of para-hydroxylation sites is 1. The third-order valence-electron chi connectivity index (χ3n) is 8.13. The molecule has 0 aliphatic carbocycles. The molecule has 0 radical (unpaired) electrons. The van der Waals surface area contributed by atoms with Crippen molar-refractivity contribution in [3.63, 3.8) is 0 Å². The Bertz CT molecular complexity index is 1110. The van der Waals surface area contributed by atoms with Gasteiger partial charge in [-0.05, 0) is 62.7 Å². The summed E-state index contributed by atoms with van der Waals surface area (Å²) in [7, 11) is 2.27. The summed E-state index contributed by atoms with van der Waals surface area (Å²) in [6, 6.07) is 16.1. The van der Waals surface area contributed by atoms with E-state index in [-0.39, 0.29) is 0 Å². The monoisotopic (exact) mass is 444 g/mol. The van der Waals surface area contributed by atoms with E-state index in [9.17, 15) is 0 Å². The van der Waals surface area contributed by atoms with E-state index in [2.05, 4.69) is 86.8 Å². The standard InChI is InChI=1S/C27H36N6/c1-21-5-3-4-6-24(21)31-13-16-32(17-14-31)26-8-7-22-9-12-33(27(22)28-26)18-15-30-11-10-23-19-29(2)20-25(23)30/h3-9,12,23,25H,10-11,13-20H2,1-2H3. The van der Waals surface area contributed by atoms with E-state index >= 15 is 0 Å². The van der Waals surface area contributed by atoms with E-state index in [1.807, 2.05) is 0 Å². The Balaban J connectivity index is 1.13. The molecule has 3 aliphatic heterocycles. The van der Waals surface area contributed by atoms with Gasteiger partial charge in [0.15, 0.2) is 0 Å². The molecule has 0 N–H and O–H groups in total. The lowest BCUT2D eigenvalue weighted by Crippen LogP contribution is -2.47. The molecule has 3 saturated heterocycles. The largest absolute Gasteiger partial charge is 0.368 e. The van der Waals surface area contributed by atoms with Crippen molar-refractivity contribution in [2.45, 2.75) is 25.9 Å². The first-order valence-corrected chi connectivity index (χ1v) is 12.6. The van der Waals surface area contributed by atoms with Crippen LogP contribution in [0.15, 0.2) is 48.7 Å². The maximum atomic E-state index is 5.14. The summed E-state index contributed by atoms with van der Waals surface area (Å²) in [4.78, 5) is 15.3. The molecule has 2 aromatic heterocycles. The molecule has 3 aliphatic rings. The van der Waals surface area contributed by atoms with Crippen LogP contribution < -0.4 is 9.80 Å². The van der Waals surface area contributed by atoms with Gasteiger partial charge in [-0.15, -0.1) is 0 Å². The summed E-state index contributed by atoms with van der Waals surface area (Å²) in [6.45, 7) is 12.2. The molecule has 1 aromatic carbocycles. The van der Waals surface area contributed by atoms with E-state index in [4.69, 9.17) is 4.98 Å². The van der Waals surface area contributed by atoms with Gasteiger partial charge in [-0.2, -0.15) is 0 Å². The average Bonchev–Trinajstić information content (AvgIpc) is 3.52. The topological polar surface area (TPSA) is 30.8 Å². The summed E-state index contributed by atoms with van der Waals surface area (Å²) in [5.74, 6) is 1.99. The van der Waals surface area contributed by atoms with Crippen molar-refractivity contribution in [3.05, 3.63) is 54.2 Å². The van der Waals surface area contributed by atoms with Gasteiger partial charge in [-0.1, -0.05) is 18.2 Å². The molecule has 33 heavy (non-hydrogen) atoms. The number of anilines is 2. The van der Waals surface area contributed by atoms with Gasteiger partial charge >= 0.3 is 0 Å². The molecule has 0 bridgehead atoms. The third kappa shape index (κ3) is 4.00. The lowest BCUT2D eigenvalue weighted by Gasteiger charge is -2.37. The van der Waals surface area contributed by atoms with Gasteiger partial charge < -0.3 is 19.3 Å². The predicted octanol–water partition coefficient (Wildman–Crippen LogP) is 3.31. The molecule has 5 heterocycles. The van der Waals surface area contributed by atoms with Crippen molar-refractivity contribution in [3.8, 4) is 0 Å². The molecule has 0 saturated carbocycles. The lowest BCUT2D eigenvalue weighted by molar-refractivity contribution is 0.228. The minimum atomic E-state index is 0.755. The number of pyridine rings is 1. The second-order valence-electron chi connectivity index (χ2n) is 10.2. The normalized spacial score (nSPS) is 24.2. The van der Waals surface area contributed by atoms with Crippen molar-refractivity contribution in [2.24, 2.45) is 5.92 Å². The first-order chi connectivity index (χ1) is 16.2. The zero-order chi connectivity index (χ0) is 22.4. The molecule has 0 spiro atoms. The number of likely N-dealkylation sites (N-methyl/N-ethyl adjacent to an activating group) is 1. The molecule has 2 atom stereocenters. The fraction of sp³-hybridized carbons (Fsp3) is 0.519. The van der Waals surface area contributed by atoms with Crippen LogP contribution >= 0.6 is 0 Å². The molecule has 0 amide bonds. The Morgan fingerprint density at radius 1 is 0.879 bits per heavy atom. The van der Waals surface area contributed by atoms with Crippen molar-refractivity contribution in [1.29, 1.82) is 0 Å². The highest BCUT2D eigenvalue weighted by molar-refractivity contribution is 5.78. The summed E-state index contributed by atoms with van der Waals surface area (Å²) in [5, 5.41) is 1.25. The highest BCUT2D eigenvalue weighted by Crippen LogP contribution is 2.30. The molecular formula is C27H36N6. The van der Waals surface area contributed by atoms with E-state index in [1.165, 1.54) is 42.7 Å². The number of likely N-dealkylation sites (tertiary alicyclic amines) is 2. The van der Waals surface area contributed by atoms with Crippen LogP contribution in [0, 0.1) is 12.8 Å². The number of hydrogen-bond acceptors (Lipinski definition) is 5. The number of fused-ring (bicyclic) bond motifs is 2. The average molecular weight is 445 g/mol. The van der Waals surface area contributed by atoms with E-state index in [0.717, 1.165) is 62.7 Å². The van der Waals surface area contributed by atoms with E-state index in [1.54, 1.807) is 0 Å². The van der Waals surface area contributed by atoms with Crippen LogP contribution in [0.3, 0.4) is 0 Å². The number of aryl methyl sites for hydroxylation is 1. The SMILES string of the molecule is Cc1ccccc1N1CCN(c2ccc3ccn(CCN4CCC5CN(C)CC54)c3n2)CC1. The molecule has 2 unspecified atom stereocenters. The Morgan fingerprint density at radius 3 is 2.55 bits per heavy atom. The van der Waals surface area contributed by atoms with Gasteiger partial charge in [0.05, 0.1) is 0 Å². The zero-order valence-electron chi connectivity index (χ0n) is 20.0. The fourth-order valence-corrected chi connectivity index (χ4v) is 6.27. The van der Waals surface area contributed by atoms with Gasteiger partial charge in [0, 0.05) is 75.7 Å². The molecule has 6 rings (SSSR count). The third-order valence-corrected chi connectivity index (χ3v) is 8.13. The maximum absolute atomic E-state index is 5.14. The van der Waals surface area contributed by atoms with Gasteiger partial charge in [0.2, 0.25) is 0 Å². The van der Waals surface area contributed by atoms with Crippen molar-refractivity contribution >= 4 is 22.5 Å². The number of rotatable bonds is 5. The van der Waals surface area contributed by atoms with Crippen molar-refractivity contribution in [1.82, 2.24) is 19.4 Å².